The summed E-state index contributed by atoms with van der Waals surface area (Å²) in [7, 11) is 0. The Balaban J connectivity index is 1.82. The molecule has 1 aromatic rings. The Morgan fingerprint density at radius 3 is 2.48 bits per heavy atom. The van der Waals surface area contributed by atoms with E-state index in [1.807, 2.05) is 30.3 Å². The SMILES string of the molecule is CC(=O)OCC(=O)OCCC[C@@H](OC1([OH2+])CCCC1)c1ccccc1. The molecule has 1 fully saturated rings. The molecule has 0 aromatic heterocycles. The third kappa shape index (κ3) is 6.84. The Kier molecular flexibility index (Phi) is 7.40. The molecule has 0 bridgehead atoms. The molecule has 0 unspecified atom stereocenters. The van der Waals surface area contributed by atoms with Crippen molar-refractivity contribution >= 4 is 11.9 Å². The van der Waals surface area contributed by atoms with Gasteiger partial charge < -0.3 is 19.3 Å². The van der Waals surface area contributed by atoms with E-state index in [2.05, 4.69) is 4.74 Å². The predicted octanol–water partition coefficient (Wildman–Crippen LogP) is 2.63. The summed E-state index contributed by atoms with van der Waals surface area (Å²) < 4.78 is 15.8. The van der Waals surface area contributed by atoms with Crippen LogP contribution in [0.2, 0.25) is 0 Å². The first-order valence-electron chi connectivity index (χ1n) is 8.75. The van der Waals surface area contributed by atoms with Crippen molar-refractivity contribution < 1.29 is 28.9 Å². The number of carbonyl (C=O) groups excluding carboxylic acids is 2. The monoisotopic (exact) mass is 351 g/mol. The summed E-state index contributed by atoms with van der Waals surface area (Å²) in [5.74, 6) is -1.88. The fourth-order valence-electron chi connectivity index (χ4n) is 2.95. The van der Waals surface area contributed by atoms with Gasteiger partial charge in [0.05, 0.1) is 25.6 Å². The molecular formula is C19H27O6+. The van der Waals surface area contributed by atoms with E-state index in [1.165, 1.54) is 6.92 Å². The third-order valence-corrected chi connectivity index (χ3v) is 4.22. The second kappa shape index (κ2) is 9.53. The summed E-state index contributed by atoms with van der Waals surface area (Å²) in [6.45, 7) is 1.12. The fraction of sp³-hybridized carbons (Fsp3) is 0.579. The van der Waals surface area contributed by atoms with Gasteiger partial charge in [-0.25, -0.2) is 4.79 Å². The van der Waals surface area contributed by atoms with E-state index >= 15 is 0 Å². The molecule has 0 saturated heterocycles. The van der Waals surface area contributed by atoms with Gasteiger partial charge in [-0.2, -0.15) is 0 Å². The maximum absolute atomic E-state index is 11.4. The average molecular weight is 351 g/mol. The molecule has 1 aliphatic carbocycles. The molecule has 25 heavy (non-hydrogen) atoms. The van der Waals surface area contributed by atoms with Crippen LogP contribution in [0.1, 0.15) is 57.1 Å². The van der Waals surface area contributed by atoms with Crippen molar-refractivity contribution in [3.05, 3.63) is 35.9 Å². The molecule has 0 radical (unpaired) electrons. The first-order valence-corrected chi connectivity index (χ1v) is 8.75. The Hall–Kier alpha value is -1.92. The summed E-state index contributed by atoms with van der Waals surface area (Å²) in [6.07, 6.45) is 4.65. The molecule has 6 heteroatoms. The number of carbonyl (C=O) groups is 2. The molecule has 0 heterocycles. The van der Waals surface area contributed by atoms with Gasteiger partial charge in [0.25, 0.3) is 5.79 Å². The van der Waals surface area contributed by atoms with Crippen molar-refractivity contribution in [3.8, 4) is 0 Å². The lowest BCUT2D eigenvalue weighted by Gasteiger charge is -2.26. The molecule has 0 aliphatic heterocycles. The van der Waals surface area contributed by atoms with Gasteiger partial charge in [0.15, 0.2) is 6.61 Å². The minimum atomic E-state index is -0.813. The van der Waals surface area contributed by atoms with E-state index in [1.54, 1.807) is 0 Å². The Bertz CT molecular complexity index is 550. The fourth-order valence-corrected chi connectivity index (χ4v) is 2.95. The molecule has 1 aromatic carbocycles. The summed E-state index contributed by atoms with van der Waals surface area (Å²) in [6, 6.07) is 9.85. The van der Waals surface area contributed by atoms with Gasteiger partial charge in [-0.3, -0.25) is 4.79 Å². The van der Waals surface area contributed by atoms with Crippen LogP contribution in [0.4, 0.5) is 0 Å². The number of hydrogen-bond acceptors (Lipinski definition) is 5. The van der Waals surface area contributed by atoms with Crippen molar-refractivity contribution in [3.63, 3.8) is 0 Å². The molecule has 1 atom stereocenters. The van der Waals surface area contributed by atoms with E-state index < -0.39 is 17.7 Å². The van der Waals surface area contributed by atoms with Crippen molar-refractivity contribution in [1.82, 2.24) is 0 Å². The standard InChI is InChI=1S/C19H26O6/c1-15(20)24-14-18(21)23-13-7-10-17(16-8-3-2-4-9-16)25-19(22)11-5-6-12-19/h2-4,8-9,17,22H,5-7,10-14H2,1H3/p+1/t17-/m1/s1. The molecule has 6 nitrogen and oxygen atoms in total. The number of hydrogen-bond donors (Lipinski definition) is 0. The second-order valence-corrected chi connectivity index (χ2v) is 6.36. The van der Waals surface area contributed by atoms with Crippen LogP contribution in [0.3, 0.4) is 0 Å². The highest BCUT2D eigenvalue weighted by Gasteiger charge is 2.40. The van der Waals surface area contributed by atoms with Gasteiger partial charge in [0.2, 0.25) is 0 Å². The van der Waals surface area contributed by atoms with E-state index in [0.29, 0.717) is 12.8 Å². The molecule has 2 N–H and O–H groups in total. The zero-order chi connectivity index (χ0) is 18.1. The number of rotatable bonds is 9. The van der Waals surface area contributed by atoms with Crippen LogP contribution in [-0.4, -0.2) is 36.0 Å². The smallest absolute Gasteiger partial charge is 0.344 e. The highest BCUT2D eigenvalue weighted by molar-refractivity contribution is 5.75. The molecule has 0 spiro atoms. The van der Waals surface area contributed by atoms with E-state index in [-0.39, 0.29) is 19.3 Å². The highest BCUT2D eigenvalue weighted by atomic mass is 16.6. The second-order valence-electron chi connectivity index (χ2n) is 6.36. The summed E-state index contributed by atoms with van der Waals surface area (Å²) in [5, 5.41) is 8.45. The van der Waals surface area contributed by atoms with E-state index in [9.17, 15) is 9.59 Å². The zero-order valence-corrected chi connectivity index (χ0v) is 14.7. The lowest BCUT2D eigenvalue weighted by atomic mass is 10.0. The third-order valence-electron chi connectivity index (χ3n) is 4.22. The number of esters is 2. The normalized spacial score (nSPS) is 17.0. The van der Waals surface area contributed by atoms with Crippen LogP contribution in [0.5, 0.6) is 0 Å². The lowest BCUT2D eigenvalue weighted by Crippen LogP contribution is -2.30. The summed E-state index contributed by atoms with van der Waals surface area (Å²) >= 11 is 0. The first kappa shape index (κ1) is 19.4. The Labute approximate surface area is 148 Å². The topological polar surface area (TPSA) is 84.7 Å². The van der Waals surface area contributed by atoms with Crippen LogP contribution in [0.15, 0.2) is 30.3 Å². The molecule has 0 amide bonds. The van der Waals surface area contributed by atoms with Crippen molar-refractivity contribution in [1.29, 1.82) is 0 Å². The van der Waals surface area contributed by atoms with Gasteiger partial charge in [-0.05, 0) is 31.2 Å². The van der Waals surface area contributed by atoms with Crippen LogP contribution in [0.25, 0.3) is 0 Å². The van der Waals surface area contributed by atoms with Crippen LogP contribution in [-0.2, 0) is 23.8 Å². The highest BCUT2D eigenvalue weighted by Crippen LogP contribution is 2.36. The maximum Gasteiger partial charge on any atom is 0.344 e. The minimum Gasteiger partial charge on any atom is -0.463 e. The summed E-state index contributed by atoms with van der Waals surface area (Å²) in [4.78, 5) is 22.1. The van der Waals surface area contributed by atoms with Crippen molar-refractivity contribution in [2.45, 2.75) is 57.3 Å². The van der Waals surface area contributed by atoms with Gasteiger partial charge in [0, 0.05) is 6.92 Å². The zero-order valence-electron chi connectivity index (χ0n) is 14.7. The average Bonchev–Trinajstić information content (AvgIpc) is 3.03. The molecule has 1 aliphatic rings. The Morgan fingerprint density at radius 1 is 1.16 bits per heavy atom. The van der Waals surface area contributed by atoms with Crippen LogP contribution >= 0.6 is 0 Å². The van der Waals surface area contributed by atoms with Crippen molar-refractivity contribution in [2.75, 3.05) is 13.2 Å². The van der Waals surface area contributed by atoms with Gasteiger partial charge in [-0.1, -0.05) is 30.3 Å². The van der Waals surface area contributed by atoms with Crippen molar-refractivity contribution in [2.24, 2.45) is 0 Å². The molecular weight excluding hydrogens is 324 g/mol. The van der Waals surface area contributed by atoms with E-state index in [0.717, 1.165) is 31.2 Å². The van der Waals surface area contributed by atoms with E-state index in [4.69, 9.17) is 14.6 Å². The predicted molar refractivity (Wildman–Crippen MR) is 91.9 cm³/mol. The first-order chi connectivity index (χ1) is 12.0. The lowest BCUT2D eigenvalue weighted by molar-refractivity contribution is -0.229. The summed E-state index contributed by atoms with van der Waals surface area (Å²) in [5.41, 5.74) is 1.03. The number of benzene rings is 1. The van der Waals surface area contributed by atoms with Crippen LogP contribution in [0, 0.1) is 0 Å². The minimum absolute atomic E-state index is 0.191. The van der Waals surface area contributed by atoms with Gasteiger partial charge >= 0.3 is 11.9 Å². The van der Waals surface area contributed by atoms with Crippen LogP contribution < -0.4 is 0 Å². The molecule has 1 saturated carbocycles. The molecule has 2 rings (SSSR count). The maximum atomic E-state index is 11.4. The van der Waals surface area contributed by atoms with Gasteiger partial charge in [-0.15, -0.1) is 0 Å². The number of ether oxygens (including phenoxy) is 3. The molecule has 138 valence electrons. The Morgan fingerprint density at radius 2 is 1.84 bits per heavy atom. The quantitative estimate of drug-likeness (QED) is 0.295. The largest absolute Gasteiger partial charge is 0.463 e. The van der Waals surface area contributed by atoms with Gasteiger partial charge in [0.1, 0.15) is 0 Å².